The average molecular weight is 568 g/mol. The van der Waals surface area contributed by atoms with Gasteiger partial charge in [-0.05, 0) is 36.1 Å². The van der Waals surface area contributed by atoms with E-state index in [-0.39, 0.29) is 46.4 Å². The van der Waals surface area contributed by atoms with Crippen molar-refractivity contribution in [3.8, 4) is 0 Å². The van der Waals surface area contributed by atoms with Gasteiger partial charge >= 0.3 is 0 Å². The van der Waals surface area contributed by atoms with E-state index in [0.717, 1.165) is 38.2 Å². The number of nitro benzene ring substituents is 2. The summed E-state index contributed by atoms with van der Waals surface area (Å²) in [5.74, 6) is -0.0273. The van der Waals surface area contributed by atoms with E-state index in [1.54, 1.807) is 4.57 Å². The fourth-order valence-corrected chi connectivity index (χ4v) is 5.38. The molecule has 42 heavy (non-hydrogen) atoms. The second-order valence-corrected chi connectivity index (χ2v) is 10.6. The molecule has 0 amide bonds. The SMILES string of the molecule is C.CC(=O)n1c2ccccc2c2cc(C(C)C)c([N+](=O)[O-])cc21.CC(C)c1cc2c(cc1[N+](=O)[O-])oc1ccccc12. The molecule has 9 heteroatoms. The molecule has 0 aliphatic heterocycles. The number of carbonyl (C=O) groups excluding carboxylic acids is 1. The van der Waals surface area contributed by atoms with E-state index >= 15 is 0 Å². The fourth-order valence-electron chi connectivity index (χ4n) is 5.38. The highest BCUT2D eigenvalue weighted by Crippen LogP contribution is 2.37. The van der Waals surface area contributed by atoms with Crippen LogP contribution in [0.3, 0.4) is 0 Å². The summed E-state index contributed by atoms with van der Waals surface area (Å²) in [4.78, 5) is 33.8. The number of nitro groups is 2. The van der Waals surface area contributed by atoms with Crippen molar-refractivity contribution in [2.24, 2.45) is 0 Å². The lowest BCUT2D eigenvalue weighted by molar-refractivity contribution is -0.385. The summed E-state index contributed by atoms with van der Waals surface area (Å²) in [6, 6.07) is 22.0. The molecule has 4 aromatic carbocycles. The number of fused-ring (bicyclic) bond motifs is 6. The van der Waals surface area contributed by atoms with E-state index < -0.39 is 0 Å². The Bertz CT molecular complexity index is 2000. The van der Waals surface area contributed by atoms with Crippen molar-refractivity contribution < 1.29 is 19.1 Å². The van der Waals surface area contributed by atoms with Crippen molar-refractivity contribution in [3.63, 3.8) is 0 Å². The molecule has 2 aromatic heterocycles. The maximum Gasteiger partial charge on any atom is 0.276 e. The minimum atomic E-state index is -0.378. The Labute approximate surface area is 242 Å². The van der Waals surface area contributed by atoms with Crippen LogP contribution in [-0.4, -0.2) is 20.3 Å². The molecule has 0 unspecified atom stereocenters. The number of aromatic nitrogens is 1. The van der Waals surface area contributed by atoms with Crippen LogP contribution in [0, 0.1) is 20.2 Å². The molecule has 0 aliphatic carbocycles. The molecule has 0 bridgehead atoms. The predicted molar refractivity (Wildman–Crippen MR) is 168 cm³/mol. The molecule has 2 heterocycles. The van der Waals surface area contributed by atoms with Crippen LogP contribution in [0.2, 0.25) is 0 Å². The summed E-state index contributed by atoms with van der Waals surface area (Å²) in [6.07, 6.45) is 0. The zero-order valence-corrected chi connectivity index (χ0v) is 23.4. The second-order valence-electron chi connectivity index (χ2n) is 10.6. The van der Waals surface area contributed by atoms with Gasteiger partial charge in [0.1, 0.15) is 11.2 Å². The van der Waals surface area contributed by atoms with Gasteiger partial charge in [-0.3, -0.25) is 29.6 Å². The van der Waals surface area contributed by atoms with Crippen LogP contribution in [0.25, 0.3) is 43.7 Å². The van der Waals surface area contributed by atoms with E-state index in [9.17, 15) is 25.0 Å². The molecule has 0 saturated carbocycles. The molecular formula is C33H33N3O6. The highest BCUT2D eigenvalue weighted by molar-refractivity contribution is 6.14. The summed E-state index contributed by atoms with van der Waals surface area (Å²) < 4.78 is 7.22. The number of rotatable bonds is 4. The number of hydrogen-bond acceptors (Lipinski definition) is 6. The van der Waals surface area contributed by atoms with Gasteiger partial charge in [-0.25, -0.2) is 0 Å². The molecule has 216 valence electrons. The number of carbonyl (C=O) groups is 1. The summed E-state index contributed by atoms with van der Waals surface area (Å²) in [5, 5.41) is 26.3. The molecule has 0 N–H and O–H groups in total. The molecule has 0 aliphatic rings. The summed E-state index contributed by atoms with van der Waals surface area (Å²) >= 11 is 0. The number of benzene rings is 4. The van der Waals surface area contributed by atoms with Crippen LogP contribution in [-0.2, 0) is 0 Å². The Morgan fingerprint density at radius 1 is 0.690 bits per heavy atom. The van der Waals surface area contributed by atoms with Crippen molar-refractivity contribution in [2.45, 2.75) is 53.9 Å². The van der Waals surface area contributed by atoms with E-state index in [1.165, 1.54) is 19.1 Å². The Morgan fingerprint density at radius 3 is 1.79 bits per heavy atom. The smallest absolute Gasteiger partial charge is 0.276 e. The van der Waals surface area contributed by atoms with E-state index in [1.807, 2.05) is 88.4 Å². The van der Waals surface area contributed by atoms with Crippen molar-refractivity contribution in [1.29, 1.82) is 0 Å². The minimum absolute atomic E-state index is 0. The third-order valence-corrected chi connectivity index (χ3v) is 7.30. The lowest BCUT2D eigenvalue weighted by Crippen LogP contribution is -2.05. The first-order chi connectivity index (χ1) is 19.5. The predicted octanol–water partition coefficient (Wildman–Crippen LogP) is 9.74. The van der Waals surface area contributed by atoms with Gasteiger partial charge in [0.2, 0.25) is 5.91 Å². The molecule has 0 saturated heterocycles. The Morgan fingerprint density at radius 2 is 1.21 bits per heavy atom. The standard InChI is InChI=1S/C17H16N2O3.C15H13NO3.CH4/c1-10(2)13-8-14-12-6-4-5-7-15(12)18(11(3)20)16(14)9-17(13)19(21)22;1-9(2)11-7-12-10-5-3-4-6-14(10)19-15(12)8-13(11)16(17)18;/h4-10H,1-3H3;3-9H,1-2H3;1H4. The highest BCUT2D eigenvalue weighted by atomic mass is 16.6. The number of hydrogen-bond donors (Lipinski definition) is 0. The second kappa shape index (κ2) is 11.4. The first kappa shape index (κ1) is 29.9. The summed E-state index contributed by atoms with van der Waals surface area (Å²) in [6.45, 7) is 9.23. The van der Waals surface area contributed by atoms with Crippen molar-refractivity contribution in [1.82, 2.24) is 4.57 Å². The fraction of sp³-hybridized carbons (Fsp3) is 0.242. The van der Waals surface area contributed by atoms with Gasteiger partial charge in [-0.15, -0.1) is 0 Å². The Kier molecular flexibility index (Phi) is 8.15. The van der Waals surface area contributed by atoms with Crippen molar-refractivity contribution in [3.05, 3.63) is 104 Å². The highest BCUT2D eigenvalue weighted by Gasteiger charge is 2.23. The molecule has 0 spiro atoms. The van der Waals surface area contributed by atoms with Crippen molar-refractivity contribution in [2.75, 3.05) is 0 Å². The number of furan rings is 1. The summed E-state index contributed by atoms with van der Waals surface area (Å²) in [7, 11) is 0. The molecule has 6 rings (SSSR count). The molecule has 9 nitrogen and oxygen atoms in total. The maximum absolute atomic E-state index is 12.0. The van der Waals surface area contributed by atoms with Crippen LogP contribution in [0.1, 0.15) is 69.8 Å². The lowest BCUT2D eigenvalue weighted by Gasteiger charge is -2.08. The first-order valence-electron chi connectivity index (χ1n) is 13.3. The van der Waals surface area contributed by atoms with Gasteiger partial charge in [0, 0.05) is 45.7 Å². The molecular weight excluding hydrogens is 534 g/mol. The topological polar surface area (TPSA) is 121 Å². The van der Waals surface area contributed by atoms with Crippen LogP contribution < -0.4 is 0 Å². The van der Waals surface area contributed by atoms with Crippen LogP contribution in [0.5, 0.6) is 0 Å². The van der Waals surface area contributed by atoms with E-state index in [4.69, 9.17) is 4.42 Å². The quantitative estimate of drug-likeness (QED) is 0.154. The summed E-state index contributed by atoms with van der Waals surface area (Å²) in [5.41, 5.74) is 4.30. The Balaban J connectivity index is 0.000000190. The third kappa shape index (κ3) is 5.09. The normalized spacial score (nSPS) is 11.2. The molecule has 0 fully saturated rings. The maximum atomic E-state index is 12.0. The monoisotopic (exact) mass is 567 g/mol. The zero-order chi connectivity index (χ0) is 29.6. The van der Waals surface area contributed by atoms with E-state index in [2.05, 4.69) is 0 Å². The molecule has 0 radical (unpaired) electrons. The average Bonchev–Trinajstić information content (AvgIpc) is 3.46. The lowest BCUT2D eigenvalue weighted by atomic mass is 9.98. The Hall–Kier alpha value is -5.05. The number of nitrogens with zero attached hydrogens (tertiary/aromatic N) is 3. The largest absolute Gasteiger partial charge is 0.456 e. The van der Waals surface area contributed by atoms with Crippen LogP contribution >= 0.6 is 0 Å². The molecule has 0 atom stereocenters. The first-order valence-corrected chi connectivity index (χ1v) is 13.3. The van der Waals surface area contributed by atoms with Gasteiger partial charge in [0.15, 0.2) is 0 Å². The van der Waals surface area contributed by atoms with Gasteiger partial charge in [-0.1, -0.05) is 71.5 Å². The van der Waals surface area contributed by atoms with Crippen LogP contribution in [0.4, 0.5) is 11.4 Å². The van der Waals surface area contributed by atoms with E-state index in [0.29, 0.717) is 16.7 Å². The minimum Gasteiger partial charge on any atom is -0.456 e. The van der Waals surface area contributed by atoms with Gasteiger partial charge in [-0.2, -0.15) is 0 Å². The zero-order valence-electron chi connectivity index (χ0n) is 23.4. The van der Waals surface area contributed by atoms with Gasteiger partial charge in [0.25, 0.3) is 11.4 Å². The third-order valence-electron chi connectivity index (χ3n) is 7.30. The van der Waals surface area contributed by atoms with Gasteiger partial charge in [0.05, 0.1) is 26.9 Å². The van der Waals surface area contributed by atoms with Gasteiger partial charge < -0.3 is 4.42 Å². The number of para-hydroxylation sites is 2. The molecule has 6 aromatic rings. The van der Waals surface area contributed by atoms with Crippen LogP contribution in [0.15, 0.2) is 77.2 Å². The van der Waals surface area contributed by atoms with Crippen molar-refractivity contribution >= 4 is 61.0 Å².